The summed E-state index contributed by atoms with van der Waals surface area (Å²) in [7, 11) is 2.55. The van der Waals surface area contributed by atoms with Crippen molar-refractivity contribution in [1.29, 1.82) is 5.26 Å². The lowest BCUT2D eigenvalue weighted by Crippen LogP contribution is -2.38. The highest BCUT2D eigenvalue weighted by Crippen LogP contribution is 2.26. The van der Waals surface area contributed by atoms with Gasteiger partial charge in [0.15, 0.2) is 5.41 Å². The molecule has 0 aromatic heterocycles. The fourth-order valence-electron chi connectivity index (χ4n) is 2.12. The first-order valence-corrected chi connectivity index (χ1v) is 13.3. The topological polar surface area (TPSA) is 195 Å². The van der Waals surface area contributed by atoms with Crippen LogP contribution in [0.4, 0.5) is 0 Å². The Kier molecular flexibility index (Phi) is 62.6. The van der Waals surface area contributed by atoms with E-state index in [0.717, 1.165) is 26.7 Å². The molecule has 1 aliphatic heterocycles. The lowest BCUT2D eigenvalue weighted by Gasteiger charge is -2.20. The van der Waals surface area contributed by atoms with E-state index in [1.165, 1.54) is 19.8 Å². The second kappa shape index (κ2) is 46.5. The minimum absolute atomic E-state index is 0.119. The number of aliphatic carboxylic acids is 2. The molecular formula is C29H61NO10. The largest absolute Gasteiger partial charge is 0.480 e. The van der Waals surface area contributed by atoms with Gasteiger partial charge in [0.05, 0.1) is 19.3 Å². The second-order valence-corrected chi connectivity index (χ2v) is 8.46. The summed E-state index contributed by atoms with van der Waals surface area (Å²) in [6.07, 6.45) is 5.10. The molecule has 0 aromatic carbocycles. The zero-order valence-corrected chi connectivity index (χ0v) is 27.0. The number of Topliss-reactive ketones (excluding diaryl/α,β-unsaturated/α-hetero) is 1. The van der Waals surface area contributed by atoms with Crippen molar-refractivity contribution in [2.75, 3.05) is 40.6 Å². The van der Waals surface area contributed by atoms with Gasteiger partial charge in [-0.05, 0) is 59.3 Å². The van der Waals surface area contributed by atoms with E-state index < -0.39 is 17.4 Å². The van der Waals surface area contributed by atoms with Crippen molar-refractivity contribution in [2.45, 2.75) is 101 Å². The van der Waals surface area contributed by atoms with Crippen LogP contribution < -0.4 is 0 Å². The van der Waals surface area contributed by atoms with Crippen LogP contribution in [0.1, 0.15) is 94.4 Å². The Hall–Kier alpha value is -2.36. The zero-order chi connectivity index (χ0) is 33.6. The molecule has 0 spiro atoms. The Balaban J connectivity index is -0.0000000661. The Labute approximate surface area is 243 Å². The van der Waals surface area contributed by atoms with Gasteiger partial charge in [-0.15, -0.1) is 6.58 Å². The molecule has 1 rings (SSSR count). The van der Waals surface area contributed by atoms with Crippen LogP contribution in [-0.4, -0.2) is 90.0 Å². The molecule has 0 atom stereocenters. The van der Waals surface area contributed by atoms with E-state index in [9.17, 15) is 14.4 Å². The zero-order valence-electron chi connectivity index (χ0n) is 27.0. The molecule has 1 saturated heterocycles. The van der Waals surface area contributed by atoms with Gasteiger partial charge in [-0.3, -0.25) is 9.59 Å². The number of carboxylic acids is 2. The van der Waals surface area contributed by atoms with Gasteiger partial charge in [0.1, 0.15) is 5.78 Å². The van der Waals surface area contributed by atoms with E-state index >= 15 is 0 Å². The third-order valence-electron chi connectivity index (χ3n) is 3.84. The predicted molar refractivity (Wildman–Crippen MR) is 160 cm³/mol. The third kappa shape index (κ3) is 60.3. The number of rotatable bonds is 8. The average Bonchev–Trinajstić information content (AvgIpc) is 3.43. The first kappa shape index (κ1) is 53.8. The molecule has 40 heavy (non-hydrogen) atoms. The minimum atomic E-state index is -1.58. The summed E-state index contributed by atoms with van der Waals surface area (Å²) in [4.78, 5) is 31.3. The summed E-state index contributed by atoms with van der Waals surface area (Å²) in [6.45, 7) is 21.5. The van der Waals surface area contributed by atoms with Gasteiger partial charge in [0.2, 0.25) is 0 Å². The molecular weight excluding hydrogens is 522 g/mol. The lowest BCUT2D eigenvalue weighted by atomic mass is 9.83. The molecule has 0 saturated carbocycles. The van der Waals surface area contributed by atoms with Crippen molar-refractivity contribution < 1.29 is 49.4 Å². The first-order chi connectivity index (χ1) is 18.6. The van der Waals surface area contributed by atoms with Crippen molar-refractivity contribution >= 4 is 17.7 Å². The van der Waals surface area contributed by atoms with Crippen LogP contribution in [0.15, 0.2) is 12.7 Å². The van der Waals surface area contributed by atoms with Crippen molar-refractivity contribution in [1.82, 2.24) is 0 Å². The molecule has 0 radical (unpaired) electrons. The fourth-order valence-corrected chi connectivity index (χ4v) is 2.12. The number of carbonyl (C=O) groups is 3. The van der Waals surface area contributed by atoms with Crippen molar-refractivity contribution in [3.63, 3.8) is 0 Å². The number of hydrogen-bond donors (Lipinski definition) is 5. The fraction of sp³-hybridized carbons (Fsp3) is 0.793. The third-order valence-corrected chi connectivity index (χ3v) is 3.84. The van der Waals surface area contributed by atoms with Gasteiger partial charge in [-0.2, -0.15) is 5.26 Å². The number of ether oxygens (including phenoxy) is 2. The molecule has 1 fully saturated rings. The Morgan fingerprint density at radius 2 is 1.35 bits per heavy atom. The number of aliphatic hydroxyl groups excluding tert-OH is 3. The SMILES string of the molecule is C1CCOC1.C=CC.CC#N.CC(=O)CC(C)C.CC(C)O.CCC(CC)(C(=O)O)C(=O)O.CO.COCCO. The van der Waals surface area contributed by atoms with Crippen LogP contribution in [0, 0.1) is 22.7 Å². The van der Waals surface area contributed by atoms with Gasteiger partial charge >= 0.3 is 11.9 Å². The summed E-state index contributed by atoms with van der Waals surface area (Å²) in [5, 5.41) is 47.5. The Morgan fingerprint density at radius 1 is 1.05 bits per heavy atom. The standard InChI is InChI=1S/C7H12O4.C6H12O.C4H8O.C3H8O2.C3H8O.C3H6.C2H3N.CH4O/c1-3-7(4-2,5(8)9)6(10)11;1-5(2)4-6(3)7;1-2-4-5-3-1;1-5-3-2-4;1-3(2)4;1-3-2;1-2-3;1-2/h3-4H2,1-2H3,(H,8,9)(H,10,11);5H,4H2,1-3H3;1-4H2;4H,2-3H2,1H3;3-4H,1-2H3;3H,1H2,2H3;1H3;2H,1H3. The van der Waals surface area contributed by atoms with E-state index in [1.54, 1.807) is 53.9 Å². The monoisotopic (exact) mass is 583 g/mol. The van der Waals surface area contributed by atoms with E-state index in [4.69, 9.17) is 35.5 Å². The number of ketones is 1. The Bertz CT molecular complexity index is 537. The van der Waals surface area contributed by atoms with Crippen molar-refractivity contribution in [2.24, 2.45) is 11.3 Å². The Morgan fingerprint density at radius 3 is 1.38 bits per heavy atom. The molecule has 0 amide bonds. The summed E-state index contributed by atoms with van der Waals surface area (Å²) >= 11 is 0. The number of allylic oxidation sites excluding steroid dienone is 1. The van der Waals surface area contributed by atoms with E-state index in [-0.39, 0.29) is 31.3 Å². The van der Waals surface area contributed by atoms with Crippen LogP contribution in [0.5, 0.6) is 0 Å². The van der Waals surface area contributed by atoms with Crippen LogP contribution in [-0.2, 0) is 23.9 Å². The number of carbonyl (C=O) groups excluding carboxylic acids is 1. The average molecular weight is 584 g/mol. The quantitative estimate of drug-likeness (QED) is 0.196. The summed E-state index contributed by atoms with van der Waals surface area (Å²) < 4.78 is 9.39. The smallest absolute Gasteiger partial charge is 0.321 e. The van der Waals surface area contributed by atoms with Gasteiger partial charge in [0.25, 0.3) is 0 Å². The summed E-state index contributed by atoms with van der Waals surface area (Å²) in [5.74, 6) is -1.70. The predicted octanol–water partition coefficient (Wildman–Crippen LogP) is 4.72. The second-order valence-electron chi connectivity index (χ2n) is 8.46. The molecule has 0 aromatic rings. The van der Waals surface area contributed by atoms with Gasteiger partial charge < -0.3 is 39.8 Å². The van der Waals surface area contributed by atoms with Crippen molar-refractivity contribution in [3.8, 4) is 6.07 Å². The molecule has 11 nitrogen and oxygen atoms in total. The number of nitriles is 1. The summed E-state index contributed by atoms with van der Waals surface area (Å²) in [6, 6.07) is 1.75. The maximum absolute atomic E-state index is 10.5. The van der Waals surface area contributed by atoms with E-state index in [2.05, 4.69) is 11.3 Å². The molecule has 0 aliphatic carbocycles. The van der Waals surface area contributed by atoms with Crippen molar-refractivity contribution in [3.05, 3.63) is 12.7 Å². The maximum atomic E-state index is 10.5. The van der Waals surface area contributed by atoms with Gasteiger partial charge in [-0.25, -0.2) is 0 Å². The number of hydrogen-bond acceptors (Lipinski definition) is 9. The van der Waals surface area contributed by atoms with Crippen LogP contribution in [0.2, 0.25) is 0 Å². The van der Waals surface area contributed by atoms with Crippen LogP contribution in [0.25, 0.3) is 0 Å². The van der Waals surface area contributed by atoms with Gasteiger partial charge in [0, 0.05) is 46.9 Å². The molecule has 0 unspecified atom stereocenters. The molecule has 1 heterocycles. The van der Waals surface area contributed by atoms with E-state index in [1.807, 2.05) is 20.8 Å². The van der Waals surface area contributed by atoms with E-state index in [0.29, 0.717) is 12.5 Å². The highest BCUT2D eigenvalue weighted by molar-refractivity contribution is 5.98. The molecule has 0 bridgehead atoms. The van der Waals surface area contributed by atoms with Crippen LogP contribution >= 0.6 is 0 Å². The molecule has 11 heteroatoms. The number of aliphatic hydroxyl groups is 3. The summed E-state index contributed by atoms with van der Waals surface area (Å²) in [5.41, 5.74) is -1.58. The highest BCUT2D eigenvalue weighted by atomic mass is 16.5. The minimum Gasteiger partial charge on any atom is -0.480 e. The normalized spacial score (nSPS) is 10.4. The maximum Gasteiger partial charge on any atom is 0.321 e. The van der Waals surface area contributed by atoms with Gasteiger partial charge in [-0.1, -0.05) is 33.8 Å². The van der Waals surface area contributed by atoms with Crippen LogP contribution in [0.3, 0.4) is 0 Å². The number of nitrogens with zero attached hydrogens (tertiary/aromatic N) is 1. The lowest BCUT2D eigenvalue weighted by molar-refractivity contribution is -0.165. The molecule has 242 valence electrons. The molecule has 1 aliphatic rings. The molecule has 5 N–H and O–H groups in total. The number of carboxylic acid groups (broad SMARTS) is 2. The highest BCUT2D eigenvalue weighted by Gasteiger charge is 2.42. The number of methoxy groups -OCH3 is 1. The first-order valence-electron chi connectivity index (χ1n) is 13.3.